The number of hydrogen-bond acceptors (Lipinski definition) is 4. The maximum Gasteiger partial charge on any atom is 0.220 e. The Morgan fingerprint density at radius 2 is 2.25 bits per heavy atom. The first-order chi connectivity index (χ1) is 9.70. The molecule has 0 aromatic carbocycles. The van der Waals surface area contributed by atoms with Gasteiger partial charge in [0, 0.05) is 35.1 Å². The highest BCUT2D eigenvalue weighted by Crippen LogP contribution is 2.41. The van der Waals surface area contributed by atoms with Gasteiger partial charge in [-0.25, -0.2) is 4.98 Å². The second kappa shape index (κ2) is 4.53. The van der Waals surface area contributed by atoms with Crippen molar-refractivity contribution in [2.45, 2.75) is 37.3 Å². The van der Waals surface area contributed by atoms with E-state index in [1.807, 2.05) is 17.5 Å². The van der Waals surface area contributed by atoms with Crippen LogP contribution in [-0.2, 0) is 0 Å². The van der Waals surface area contributed by atoms with Gasteiger partial charge in [0.1, 0.15) is 0 Å². The van der Waals surface area contributed by atoms with Gasteiger partial charge in [0.05, 0.1) is 5.00 Å². The van der Waals surface area contributed by atoms with Crippen LogP contribution in [-0.4, -0.2) is 17.1 Å². The number of nitrogens with one attached hydrogen (secondary N) is 1. The van der Waals surface area contributed by atoms with E-state index in [9.17, 15) is 4.39 Å². The molecule has 3 N–H and O–H groups in total. The van der Waals surface area contributed by atoms with Crippen LogP contribution in [0.2, 0.25) is 0 Å². The lowest BCUT2D eigenvalue weighted by Crippen LogP contribution is -2.21. The zero-order valence-electron chi connectivity index (χ0n) is 11.0. The molecule has 3 unspecified atom stereocenters. The molecule has 0 spiro atoms. The van der Waals surface area contributed by atoms with E-state index >= 15 is 0 Å². The molecule has 0 saturated carbocycles. The summed E-state index contributed by atoms with van der Waals surface area (Å²) < 4.78 is 14.0. The van der Waals surface area contributed by atoms with E-state index in [0.717, 1.165) is 17.5 Å². The predicted octanol–water partition coefficient (Wildman–Crippen LogP) is 3.14. The Labute approximate surface area is 121 Å². The topological polar surface area (TPSA) is 50.9 Å². The number of nitrogens with two attached hydrogens (primary N) is 1. The fraction of sp³-hybridized carbons (Fsp3) is 0.400. The van der Waals surface area contributed by atoms with Gasteiger partial charge in [-0.3, -0.25) is 0 Å². The van der Waals surface area contributed by atoms with Gasteiger partial charge in [-0.15, -0.1) is 11.3 Å². The molecule has 104 valence electrons. The number of aromatic nitrogens is 1. The molecular weight excluding hydrogens is 273 g/mol. The molecule has 4 heterocycles. The average molecular weight is 289 g/mol. The maximum atomic E-state index is 14.0. The van der Waals surface area contributed by atoms with E-state index in [1.54, 1.807) is 6.20 Å². The summed E-state index contributed by atoms with van der Waals surface area (Å²) in [7, 11) is 0. The Balaban J connectivity index is 1.72. The van der Waals surface area contributed by atoms with E-state index in [4.69, 9.17) is 5.73 Å². The van der Waals surface area contributed by atoms with E-state index < -0.39 is 5.95 Å². The molecular formula is C15H16FN3S. The quantitative estimate of drug-likeness (QED) is 0.835. The average Bonchev–Trinajstić information content (AvgIpc) is 3.15. The minimum atomic E-state index is -0.414. The standard InChI is InChI=1S/C15H16FN3S/c16-15-12(9-4-14(17)20-7-9)3-8(6-18-15)11-5-10-1-2-13(11)19-10/h3-4,6-7,10-11,13,19H,1-2,5,17H2. The molecule has 2 bridgehead atoms. The number of hydrogen-bond donors (Lipinski definition) is 2. The van der Waals surface area contributed by atoms with Crippen LogP contribution in [0.15, 0.2) is 23.7 Å². The van der Waals surface area contributed by atoms with Crippen LogP contribution < -0.4 is 11.1 Å². The third-order valence-corrected chi connectivity index (χ3v) is 5.28. The highest BCUT2D eigenvalue weighted by Gasteiger charge is 2.39. The van der Waals surface area contributed by atoms with Crippen molar-refractivity contribution >= 4 is 16.3 Å². The van der Waals surface area contributed by atoms with Crippen LogP contribution in [0.25, 0.3) is 11.1 Å². The summed E-state index contributed by atoms with van der Waals surface area (Å²) in [6.45, 7) is 0. The lowest BCUT2D eigenvalue weighted by Gasteiger charge is -2.20. The first kappa shape index (κ1) is 12.3. The molecule has 3 atom stereocenters. The molecule has 2 aromatic heterocycles. The highest BCUT2D eigenvalue weighted by molar-refractivity contribution is 7.14. The van der Waals surface area contributed by atoms with Crippen LogP contribution in [0.1, 0.15) is 30.7 Å². The maximum absolute atomic E-state index is 14.0. The summed E-state index contributed by atoms with van der Waals surface area (Å²) in [5.41, 5.74) is 8.28. The molecule has 3 nitrogen and oxygen atoms in total. The lowest BCUT2D eigenvalue weighted by atomic mass is 9.84. The third-order valence-electron chi connectivity index (χ3n) is 4.52. The van der Waals surface area contributed by atoms with Gasteiger partial charge < -0.3 is 11.1 Å². The fourth-order valence-electron chi connectivity index (χ4n) is 3.56. The molecule has 2 saturated heterocycles. The van der Waals surface area contributed by atoms with Crippen molar-refractivity contribution in [3.05, 3.63) is 35.2 Å². The van der Waals surface area contributed by atoms with Crippen LogP contribution in [0.4, 0.5) is 9.39 Å². The molecule has 4 rings (SSSR count). The van der Waals surface area contributed by atoms with Crippen LogP contribution in [0.3, 0.4) is 0 Å². The monoisotopic (exact) mass is 289 g/mol. The van der Waals surface area contributed by atoms with Crippen LogP contribution in [0, 0.1) is 5.95 Å². The minimum Gasteiger partial charge on any atom is -0.391 e. The smallest absolute Gasteiger partial charge is 0.220 e. The molecule has 20 heavy (non-hydrogen) atoms. The second-order valence-electron chi connectivity index (χ2n) is 5.73. The highest BCUT2D eigenvalue weighted by atomic mass is 32.1. The van der Waals surface area contributed by atoms with Crippen molar-refractivity contribution in [3.63, 3.8) is 0 Å². The number of nitrogen functional groups attached to an aromatic ring is 1. The number of pyridine rings is 1. The van der Waals surface area contributed by atoms with E-state index in [0.29, 0.717) is 28.6 Å². The summed E-state index contributed by atoms with van der Waals surface area (Å²) in [6.07, 6.45) is 5.32. The Hall–Kier alpha value is -1.46. The Morgan fingerprint density at radius 1 is 1.35 bits per heavy atom. The van der Waals surface area contributed by atoms with Crippen LogP contribution in [0.5, 0.6) is 0 Å². The lowest BCUT2D eigenvalue weighted by molar-refractivity contribution is 0.502. The van der Waals surface area contributed by atoms with Gasteiger partial charge in [0.25, 0.3) is 0 Å². The summed E-state index contributed by atoms with van der Waals surface area (Å²) >= 11 is 1.43. The molecule has 2 fully saturated rings. The van der Waals surface area contributed by atoms with Gasteiger partial charge in [-0.2, -0.15) is 4.39 Å². The number of anilines is 1. The molecule has 0 amide bonds. The first-order valence-electron chi connectivity index (χ1n) is 6.96. The zero-order valence-corrected chi connectivity index (χ0v) is 11.8. The Morgan fingerprint density at radius 3 is 2.90 bits per heavy atom. The molecule has 0 radical (unpaired) electrons. The summed E-state index contributed by atoms with van der Waals surface area (Å²) in [6, 6.07) is 4.94. The second-order valence-corrected chi connectivity index (χ2v) is 6.68. The number of nitrogens with zero attached hydrogens (tertiary/aromatic N) is 1. The molecule has 2 aliphatic heterocycles. The third kappa shape index (κ3) is 1.93. The molecule has 2 aliphatic rings. The van der Waals surface area contributed by atoms with Gasteiger partial charge in [0.15, 0.2) is 0 Å². The van der Waals surface area contributed by atoms with E-state index in [-0.39, 0.29) is 0 Å². The number of fused-ring (bicyclic) bond motifs is 2. The van der Waals surface area contributed by atoms with Gasteiger partial charge in [0.2, 0.25) is 5.95 Å². The zero-order chi connectivity index (χ0) is 13.7. The van der Waals surface area contributed by atoms with Gasteiger partial charge in [-0.1, -0.05) is 0 Å². The van der Waals surface area contributed by atoms with Crippen molar-refractivity contribution in [3.8, 4) is 11.1 Å². The number of halogens is 1. The largest absolute Gasteiger partial charge is 0.391 e. The molecule has 5 heteroatoms. The van der Waals surface area contributed by atoms with Gasteiger partial charge >= 0.3 is 0 Å². The van der Waals surface area contributed by atoms with Crippen molar-refractivity contribution < 1.29 is 4.39 Å². The predicted molar refractivity (Wildman–Crippen MR) is 79.2 cm³/mol. The number of thiophene rings is 1. The minimum absolute atomic E-state index is 0.414. The van der Waals surface area contributed by atoms with Crippen molar-refractivity contribution in [2.24, 2.45) is 0 Å². The summed E-state index contributed by atoms with van der Waals surface area (Å²) in [4.78, 5) is 3.96. The molecule has 0 aliphatic carbocycles. The SMILES string of the molecule is Nc1cc(-c2cc(C3CC4CCC3N4)cnc2F)cs1. The van der Waals surface area contributed by atoms with Crippen LogP contribution >= 0.6 is 11.3 Å². The number of rotatable bonds is 2. The molecule has 2 aromatic rings. The van der Waals surface area contributed by atoms with Gasteiger partial charge in [-0.05, 0) is 42.5 Å². The van der Waals surface area contributed by atoms with Crippen molar-refractivity contribution in [2.75, 3.05) is 5.73 Å². The van der Waals surface area contributed by atoms with E-state index in [2.05, 4.69) is 10.3 Å². The van der Waals surface area contributed by atoms with Crippen molar-refractivity contribution in [1.29, 1.82) is 0 Å². The fourth-order valence-corrected chi connectivity index (χ4v) is 4.21. The summed E-state index contributed by atoms with van der Waals surface area (Å²) in [5.74, 6) is 0.0549. The Kier molecular flexibility index (Phi) is 2.79. The summed E-state index contributed by atoms with van der Waals surface area (Å²) in [5, 5.41) is 6.20. The normalized spacial score (nSPS) is 28.1. The van der Waals surface area contributed by atoms with Crippen molar-refractivity contribution in [1.82, 2.24) is 10.3 Å². The first-order valence-corrected chi connectivity index (χ1v) is 7.84. The Bertz CT molecular complexity index is 654. The van der Waals surface area contributed by atoms with E-state index in [1.165, 1.54) is 24.2 Å².